The number of hydrogen-bond donors (Lipinski definition) is 0. The predicted molar refractivity (Wildman–Crippen MR) is 158 cm³/mol. The molecule has 2 unspecified atom stereocenters. The van der Waals surface area contributed by atoms with Gasteiger partial charge in [-0.25, -0.2) is 4.79 Å². The first-order valence-electron chi connectivity index (χ1n) is 15.2. The van der Waals surface area contributed by atoms with Crippen molar-refractivity contribution < 1.29 is 37.0 Å². The summed E-state index contributed by atoms with van der Waals surface area (Å²) < 4.78 is 48.7. The third-order valence-electron chi connectivity index (χ3n) is 8.78. The zero-order chi connectivity index (χ0) is 31.3. The Morgan fingerprint density at radius 1 is 0.864 bits per heavy atom. The maximum absolute atomic E-state index is 13.8. The standard InChI is InChI=1S/C32H37ClF3N3O5/c33-24-12-10-22(11-13-24)29(40)30(41)39-26(7-5-9-28(39)23-6-4-8-27(20-23)44-32(34,35)36)21-43-31(42)38-18-14-25(15-19-38)37-16-2-1-3-17-37/h4,6,8,10-13,20,25-26,28H,1-3,5,7,9,14-19,21H2. The number of carbonyl (C=O) groups excluding carboxylic acids is 3. The minimum atomic E-state index is -4.88. The number of ether oxygens (including phenoxy) is 2. The van der Waals surface area contributed by atoms with Crippen molar-refractivity contribution in [2.24, 2.45) is 0 Å². The molecule has 44 heavy (non-hydrogen) atoms. The molecule has 2 atom stereocenters. The van der Waals surface area contributed by atoms with Gasteiger partial charge in [0.25, 0.3) is 5.91 Å². The van der Waals surface area contributed by atoms with Gasteiger partial charge < -0.3 is 24.2 Å². The third-order valence-corrected chi connectivity index (χ3v) is 9.04. The summed E-state index contributed by atoms with van der Waals surface area (Å²) in [6.45, 7) is 3.22. The summed E-state index contributed by atoms with van der Waals surface area (Å²) in [5.74, 6) is -2.04. The molecule has 8 nitrogen and oxygen atoms in total. The van der Waals surface area contributed by atoms with E-state index in [4.69, 9.17) is 16.3 Å². The van der Waals surface area contributed by atoms with Crippen molar-refractivity contribution in [1.82, 2.24) is 14.7 Å². The summed E-state index contributed by atoms with van der Waals surface area (Å²) in [6, 6.07) is 10.4. The molecule has 3 aliphatic rings. The smallest absolute Gasteiger partial charge is 0.447 e. The fourth-order valence-corrected chi connectivity index (χ4v) is 6.72. The Morgan fingerprint density at radius 3 is 2.25 bits per heavy atom. The zero-order valence-corrected chi connectivity index (χ0v) is 25.2. The largest absolute Gasteiger partial charge is 0.573 e. The lowest BCUT2D eigenvalue weighted by molar-refractivity contribution is -0.274. The molecule has 12 heteroatoms. The molecule has 3 saturated heterocycles. The normalized spacial score (nSPS) is 22.0. The molecule has 0 aliphatic carbocycles. The highest BCUT2D eigenvalue weighted by Gasteiger charge is 2.40. The summed E-state index contributed by atoms with van der Waals surface area (Å²) in [5, 5.41) is 0.399. The van der Waals surface area contributed by atoms with E-state index in [2.05, 4.69) is 9.64 Å². The number of rotatable bonds is 7. The quantitative estimate of drug-likeness (QED) is 0.251. The maximum Gasteiger partial charge on any atom is 0.573 e. The third kappa shape index (κ3) is 8.04. The second-order valence-corrected chi connectivity index (χ2v) is 12.1. The van der Waals surface area contributed by atoms with E-state index in [1.807, 2.05) is 0 Å². The minimum Gasteiger partial charge on any atom is -0.447 e. The molecule has 3 aliphatic heterocycles. The van der Waals surface area contributed by atoms with Gasteiger partial charge in [0, 0.05) is 29.7 Å². The highest BCUT2D eigenvalue weighted by atomic mass is 35.5. The summed E-state index contributed by atoms with van der Waals surface area (Å²) in [7, 11) is 0. The lowest BCUT2D eigenvalue weighted by Crippen LogP contribution is -2.52. The SMILES string of the molecule is O=C(C(=O)N1C(COC(=O)N2CCC(N3CCCCC3)CC2)CCCC1c1cccc(OC(F)(F)F)c1)c1ccc(Cl)cc1. The molecule has 238 valence electrons. The molecule has 0 radical (unpaired) electrons. The average Bonchev–Trinajstić information content (AvgIpc) is 3.03. The van der Waals surface area contributed by atoms with Gasteiger partial charge in [0.1, 0.15) is 12.4 Å². The van der Waals surface area contributed by atoms with E-state index in [0.29, 0.717) is 49.0 Å². The van der Waals surface area contributed by atoms with Crippen LogP contribution in [0.25, 0.3) is 0 Å². The van der Waals surface area contributed by atoms with Crippen molar-refractivity contribution in [3.8, 4) is 5.75 Å². The molecule has 2 aromatic carbocycles. The summed E-state index contributed by atoms with van der Waals surface area (Å²) >= 11 is 5.96. The molecule has 2 amide bonds. The number of halogens is 4. The Hall–Kier alpha value is -3.31. The molecular weight excluding hydrogens is 599 g/mol. The number of hydrogen-bond acceptors (Lipinski definition) is 6. The first-order valence-corrected chi connectivity index (χ1v) is 15.6. The second-order valence-electron chi connectivity index (χ2n) is 11.7. The molecule has 3 fully saturated rings. The molecular formula is C32H37ClF3N3O5. The van der Waals surface area contributed by atoms with Crippen molar-refractivity contribution in [2.45, 2.75) is 75.9 Å². The average molecular weight is 636 g/mol. The number of nitrogens with zero attached hydrogens (tertiary/aromatic N) is 3. The number of amides is 2. The van der Waals surface area contributed by atoms with Crippen LogP contribution in [0.5, 0.6) is 5.75 Å². The molecule has 0 N–H and O–H groups in total. The highest BCUT2D eigenvalue weighted by Crippen LogP contribution is 2.37. The Balaban J connectivity index is 1.31. The number of benzene rings is 2. The molecule has 0 aromatic heterocycles. The molecule has 0 saturated carbocycles. The van der Waals surface area contributed by atoms with E-state index in [1.165, 1.54) is 66.6 Å². The van der Waals surface area contributed by atoms with E-state index in [9.17, 15) is 27.6 Å². The van der Waals surface area contributed by atoms with Gasteiger partial charge in [0.05, 0.1) is 12.1 Å². The van der Waals surface area contributed by atoms with Crippen molar-refractivity contribution >= 4 is 29.4 Å². The number of Topliss-reactive ketones (excluding diaryl/α,β-unsaturated/α-hetero) is 1. The molecule has 0 bridgehead atoms. The second kappa shape index (κ2) is 14.2. The van der Waals surface area contributed by atoms with Gasteiger partial charge in [-0.2, -0.15) is 0 Å². The van der Waals surface area contributed by atoms with Crippen LogP contribution in [0.2, 0.25) is 5.02 Å². The van der Waals surface area contributed by atoms with E-state index in [-0.39, 0.29) is 12.2 Å². The van der Waals surface area contributed by atoms with Crippen LogP contribution in [0.4, 0.5) is 18.0 Å². The van der Waals surface area contributed by atoms with Crippen LogP contribution in [-0.2, 0) is 9.53 Å². The van der Waals surface area contributed by atoms with E-state index >= 15 is 0 Å². The van der Waals surface area contributed by atoms with Gasteiger partial charge in [-0.1, -0.05) is 30.2 Å². The van der Waals surface area contributed by atoms with Gasteiger partial charge in [-0.05, 0) is 100.0 Å². The zero-order valence-electron chi connectivity index (χ0n) is 24.4. The summed E-state index contributed by atoms with van der Waals surface area (Å²) in [6.07, 6.45) is 1.54. The van der Waals surface area contributed by atoms with E-state index in [0.717, 1.165) is 25.9 Å². The predicted octanol–water partition coefficient (Wildman–Crippen LogP) is 6.63. The van der Waals surface area contributed by atoms with Gasteiger partial charge in [-0.15, -0.1) is 13.2 Å². The Morgan fingerprint density at radius 2 is 1.57 bits per heavy atom. The number of carbonyl (C=O) groups is 3. The van der Waals surface area contributed by atoms with Crippen LogP contribution >= 0.6 is 11.6 Å². The summed E-state index contributed by atoms with van der Waals surface area (Å²) in [4.78, 5) is 45.8. The van der Waals surface area contributed by atoms with Gasteiger partial charge >= 0.3 is 12.5 Å². The number of ketones is 1. The lowest BCUT2D eigenvalue weighted by atomic mass is 9.90. The van der Waals surface area contributed by atoms with Crippen molar-refractivity contribution in [3.05, 3.63) is 64.7 Å². The van der Waals surface area contributed by atoms with Crippen molar-refractivity contribution in [1.29, 1.82) is 0 Å². The monoisotopic (exact) mass is 635 g/mol. The first kappa shape index (κ1) is 32.1. The van der Waals surface area contributed by atoms with E-state index in [1.54, 1.807) is 11.0 Å². The topological polar surface area (TPSA) is 79.4 Å². The molecule has 0 spiro atoms. The maximum atomic E-state index is 13.8. The van der Waals surface area contributed by atoms with Crippen LogP contribution in [-0.4, -0.2) is 83.7 Å². The molecule has 2 aromatic rings. The van der Waals surface area contributed by atoms with E-state index < -0.39 is 42.0 Å². The van der Waals surface area contributed by atoms with Crippen LogP contribution in [0.15, 0.2) is 48.5 Å². The van der Waals surface area contributed by atoms with Crippen molar-refractivity contribution in [3.63, 3.8) is 0 Å². The highest BCUT2D eigenvalue weighted by molar-refractivity contribution is 6.43. The van der Waals surface area contributed by atoms with Crippen LogP contribution in [0, 0.1) is 0 Å². The Labute approximate surface area is 260 Å². The fraction of sp³-hybridized carbons (Fsp3) is 0.531. The first-order chi connectivity index (χ1) is 21.1. The van der Waals surface area contributed by atoms with Gasteiger partial charge in [0.2, 0.25) is 5.78 Å². The van der Waals surface area contributed by atoms with Crippen molar-refractivity contribution in [2.75, 3.05) is 32.8 Å². The number of alkyl halides is 3. The number of likely N-dealkylation sites (tertiary alicyclic amines) is 3. The Kier molecular flexibility index (Phi) is 10.4. The lowest BCUT2D eigenvalue weighted by Gasteiger charge is -2.42. The van der Waals surface area contributed by atoms with Crippen LogP contribution in [0.1, 0.15) is 73.3 Å². The Bertz CT molecular complexity index is 1310. The number of piperidine rings is 3. The minimum absolute atomic E-state index is 0.130. The molecule has 5 rings (SSSR count). The van der Waals surface area contributed by atoms with Gasteiger partial charge in [-0.3, -0.25) is 9.59 Å². The van der Waals surface area contributed by atoms with Crippen LogP contribution in [0.3, 0.4) is 0 Å². The van der Waals surface area contributed by atoms with Crippen LogP contribution < -0.4 is 4.74 Å². The fourth-order valence-electron chi connectivity index (χ4n) is 6.59. The summed E-state index contributed by atoms with van der Waals surface area (Å²) in [5.41, 5.74) is 0.519. The van der Waals surface area contributed by atoms with Gasteiger partial charge in [0.15, 0.2) is 0 Å². The molecule has 3 heterocycles.